The number of nitrogens with zero attached hydrogens (tertiary/aromatic N) is 2. The van der Waals surface area contributed by atoms with E-state index in [4.69, 9.17) is 0 Å². The molecule has 1 heterocycles. The highest BCUT2D eigenvalue weighted by Crippen LogP contribution is 2.28. The second-order valence-corrected chi connectivity index (χ2v) is 4.99. The first kappa shape index (κ1) is 12.9. The number of aromatic carboxylic acids is 1. The molecule has 1 atom stereocenters. The maximum atomic E-state index is 11.4. The van der Waals surface area contributed by atoms with Crippen LogP contribution in [0.1, 0.15) is 48.3 Å². The number of anilines is 1. The second-order valence-electron chi connectivity index (χ2n) is 4.99. The maximum absolute atomic E-state index is 11.4. The lowest BCUT2D eigenvalue weighted by Crippen LogP contribution is -2.30. The van der Waals surface area contributed by atoms with Gasteiger partial charge in [0, 0.05) is 18.8 Å². The summed E-state index contributed by atoms with van der Waals surface area (Å²) in [6, 6.07) is 2.10. The molecule has 4 heteroatoms. The van der Waals surface area contributed by atoms with E-state index in [9.17, 15) is 9.90 Å². The van der Waals surface area contributed by atoms with Crippen LogP contribution >= 0.6 is 0 Å². The van der Waals surface area contributed by atoms with Gasteiger partial charge in [-0.25, -0.2) is 9.78 Å². The molecule has 2 rings (SSSR count). The number of aryl methyl sites for hydroxylation is 2. The molecule has 4 nitrogen and oxygen atoms in total. The van der Waals surface area contributed by atoms with Gasteiger partial charge >= 0.3 is 5.97 Å². The lowest BCUT2D eigenvalue weighted by molar-refractivity contribution is 0.0697. The molecule has 0 saturated carbocycles. The summed E-state index contributed by atoms with van der Waals surface area (Å²) in [7, 11) is 1.92. The van der Waals surface area contributed by atoms with Crippen molar-refractivity contribution < 1.29 is 9.90 Å². The quantitative estimate of drug-likeness (QED) is 0.889. The Bertz CT molecular complexity index is 471. The number of fused-ring (bicyclic) bond motifs is 1. The van der Waals surface area contributed by atoms with Crippen molar-refractivity contribution in [2.45, 2.75) is 45.6 Å². The molecule has 98 valence electrons. The van der Waals surface area contributed by atoms with Gasteiger partial charge in [0.25, 0.3) is 0 Å². The van der Waals surface area contributed by atoms with Gasteiger partial charge in [0.05, 0.1) is 0 Å². The first-order valence-corrected chi connectivity index (χ1v) is 6.53. The Morgan fingerprint density at radius 1 is 1.56 bits per heavy atom. The molecular formula is C14H20N2O2. The molecule has 0 spiro atoms. The summed E-state index contributed by atoms with van der Waals surface area (Å²) in [5, 5.41) is 9.33. The molecule has 18 heavy (non-hydrogen) atoms. The van der Waals surface area contributed by atoms with Crippen LogP contribution in [0.2, 0.25) is 0 Å². The van der Waals surface area contributed by atoms with Gasteiger partial charge in [0.15, 0.2) is 0 Å². The monoisotopic (exact) mass is 248 g/mol. The van der Waals surface area contributed by atoms with Crippen LogP contribution in [0.5, 0.6) is 0 Å². The highest BCUT2D eigenvalue weighted by Gasteiger charge is 2.23. The summed E-state index contributed by atoms with van der Waals surface area (Å²) >= 11 is 0. The number of hydrogen-bond donors (Lipinski definition) is 1. The molecule has 1 N–H and O–H groups in total. The Hall–Kier alpha value is -1.58. The number of carboxylic acids is 1. The maximum Gasteiger partial charge on any atom is 0.339 e. The van der Waals surface area contributed by atoms with Crippen LogP contribution in [-0.4, -0.2) is 29.1 Å². The minimum atomic E-state index is -0.887. The van der Waals surface area contributed by atoms with Gasteiger partial charge in [-0.1, -0.05) is 6.92 Å². The predicted octanol–water partition coefficient (Wildman–Crippen LogP) is 2.50. The molecule has 1 aliphatic carbocycles. The van der Waals surface area contributed by atoms with Crippen LogP contribution < -0.4 is 4.90 Å². The van der Waals surface area contributed by atoms with E-state index in [1.54, 1.807) is 0 Å². The van der Waals surface area contributed by atoms with E-state index >= 15 is 0 Å². The Balaban J connectivity index is 2.47. The highest BCUT2D eigenvalue weighted by molar-refractivity contribution is 5.93. The van der Waals surface area contributed by atoms with Gasteiger partial charge in [-0.3, -0.25) is 0 Å². The first-order valence-electron chi connectivity index (χ1n) is 6.53. The third-order valence-corrected chi connectivity index (χ3v) is 3.85. The fourth-order valence-corrected chi connectivity index (χ4v) is 2.37. The Morgan fingerprint density at radius 3 is 2.89 bits per heavy atom. The third-order valence-electron chi connectivity index (χ3n) is 3.85. The van der Waals surface area contributed by atoms with E-state index in [0.29, 0.717) is 11.4 Å². The zero-order valence-electron chi connectivity index (χ0n) is 11.2. The van der Waals surface area contributed by atoms with Gasteiger partial charge in [-0.15, -0.1) is 0 Å². The fourth-order valence-electron chi connectivity index (χ4n) is 2.37. The summed E-state index contributed by atoms with van der Waals surface area (Å²) in [6.45, 7) is 4.18. The smallest absolute Gasteiger partial charge is 0.339 e. The second kappa shape index (κ2) is 4.96. The van der Waals surface area contributed by atoms with Crippen LogP contribution in [0.15, 0.2) is 6.07 Å². The van der Waals surface area contributed by atoms with Crippen LogP contribution in [0.25, 0.3) is 0 Å². The summed E-state index contributed by atoms with van der Waals surface area (Å²) in [6.07, 6.45) is 3.97. The molecular weight excluding hydrogens is 228 g/mol. The van der Waals surface area contributed by atoms with Crippen molar-refractivity contribution in [3.63, 3.8) is 0 Å². The molecule has 0 radical (unpaired) electrons. The average Bonchev–Trinajstić information content (AvgIpc) is 2.82. The van der Waals surface area contributed by atoms with Gasteiger partial charge in [-0.2, -0.15) is 0 Å². The SMILES string of the molecule is CCC(C)N(C)c1nc2c(cc1C(=O)O)CCC2. The molecule has 0 fully saturated rings. The third kappa shape index (κ3) is 2.19. The van der Waals surface area contributed by atoms with Crippen LogP contribution in [0, 0.1) is 0 Å². The Morgan fingerprint density at radius 2 is 2.28 bits per heavy atom. The van der Waals surface area contributed by atoms with E-state index < -0.39 is 5.97 Å². The van der Waals surface area contributed by atoms with Gasteiger partial charge < -0.3 is 10.0 Å². The number of pyridine rings is 1. The molecule has 0 bridgehead atoms. The Kier molecular flexibility index (Phi) is 3.55. The molecule has 0 saturated heterocycles. The van der Waals surface area contributed by atoms with Crippen molar-refractivity contribution in [2.24, 2.45) is 0 Å². The zero-order chi connectivity index (χ0) is 13.3. The van der Waals surface area contributed by atoms with Crippen molar-refractivity contribution in [2.75, 3.05) is 11.9 Å². The molecule has 1 aliphatic rings. The Labute approximate surface area is 108 Å². The minimum absolute atomic E-state index is 0.287. The van der Waals surface area contributed by atoms with Crippen LogP contribution in [0.4, 0.5) is 5.82 Å². The molecule has 1 aromatic rings. The van der Waals surface area contributed by atoms with Crippen LogP contribution in [-0.2, 0) is 12.8 Å². The number of hydrogen-bond acceptors (Lipinski definition) is 3. The van der Waals surface area contributed by atoms with E-state index in [1.165, 1.54) is 0 Å². The fraction of sp³-hybridized carbons (Fsp3) is 0.571. The lowest BCUT2D eigenvalue weighted by Gasteiger charge is -2.26. The van der Waals surface area contributed by atoms with Crippen molar-refractivity contribution in [3.8, 4) is 0 Å². The molecule has 1 aromatic heterocycles. The number of aromatic nitrogens is 1. The number of rotatable bonds is 4. The average molecular weight is 248 g/mol. The van der Waals surface area contributed by atoms with Crippen molar-refractivity contribution in [1.29, 1.82) is 0 Å². The molecule has 0 aliphatic heterocycles. The van der Waals surface area contributed by atoms with E-state index in [1.807, 2.05) is 18.0 Å². The largest absolute Gasteiger partial charge is 0.478 e. The van der Waals surface area contributed by atoms with Gasteiger partial charge in [0.1, 0.15) is 11.4 Å². The van der Waals surface area contributed by atoms with Gasteiger partial charge in [0.2, 0.25) is 0 Å². The summed E-state index contributed by atoms with van der Waals surface area (Å²) in [5.74, 6) is -0.278. The predicted molar refractivity (Wildman–Crippen MR) is 71.4 cm³/mol. The number of carboxylic acid groups (broad SMARTS) is 1. The van der Waals surface area contributed by atoms with Crippen molar-refractivity contribution in [1.82, 2.24) is 4.98 Å². The van der Waals surface area contributed by atoms with Gasteiger partial charge in [-0.05, 0) is 44.2 Å². The minimum Gasteiger partial charge on any atom is -0.478 e. The van der Waals surface area contributed by atoms with E-state index in [0.717, 1.165) is 36.9 Å². The van der Waals surface area contributed by atoms with Crippen LogP contribution in [0.3, 0.4) is 0 Å². The standard InChI is InChI=1S/C14H20N2O2/c1-4-9(2)16(3)13-11(14(17)18)8-10-6-5-7-12(10)15-13/h8-9H,4-7H2,1-3H3,(H,17,18). The van der Waals surface area contributed by atoms with Crippen molar-refractivity contribution in [3.05, 3.63) is 22.9 Å². The lowest BCUT2D eigenvalue weighted by atomic mass is 10.1. The van der Waals surface area contributed by atoms with Crippen molar-refractivity contribution >= 4 is 11.8 Å². The van der Waals surface area contributed by atoms with E-state index in [-0.39, 0.29) is 6.04 Å². The topological polar surface area (TPSA) is 53.4 Å². The first-order chi connectivity index (χ1) is 8.54. The summed E-state index contributed by atoms with van der Waals surface area (Å²) in [5.41, 5.74) is 2.51. The molecule has 0 aromatic carbocycles. The summed E-state index contributed by atoms with van der Waals surface area (Å²) in [4.78, 5) is 17.9. The normalized spacial score (nSPS) is 15.3. The molecule has 0 amide bonds. The zero-order valence-corrected chi connectivity index (χ0v) is 11.2. The summed E-state index contributed by atoms with van der Waals surface area (Å²) < 4.78 is 0. The molecule has 1 unspecified atom stereocenters. The number of carbonyl (C=O) groups is 1. The highest BCUT2D eigenvalue weighted by atomic mass is 16.4. The van der Waals surface area contributed by atoms with E-state index in [2.05, 4.69) is 18.8 Å².